The zero-order valence-corrected chi connectivity index (χ0v) is 20.8. The molecule has 6 heteroatoms. The van der Waals surface area contributed by atoms with Crippen molar-refractivity contribution in [2.45, 2.75) is 102 Å². The second kappa shape index (κ2) is 6.51. The van der Waals surface area contributed by atoms with Crippen molar-refractivity contribution in [3.8, 4) is 0 Å². The first kappa shape index (κ1) is 22.7. The first-order chi connectivity index (χ1) is 15.8. The molecule has 0 aromatic carbocycles. The number of epoxide rings is 1. The van der Waals surface area contributed by atoms with E-state index >= 15 is 0 Å². The van der Waals surface area contributed by atoms with E-state index in [0.29, 0.717) is 24.8 Å². The van der Waals surface area contributed by atoms with Gasteiger partial charge in [0.05, 0.1) is 11.5 Å². The Morgan fingerprint density at radius 2 is 1.91 bits per heavy atom. The van der Waals surface area contributed by atoms with E-state index in [1.807, 2.05) is 19.9 Å². The molecule has 184 valence electrons. The van der Waals surface area contributed by atoms with E-state index in [2.05, 4.69) is 13.0 Å². The smallest absolute Gasteiger partial charge is 0.334 e. The van der Waals surface area contributed by atoms with E-state index in [1.165, 1.54) is 5.57 Å². The van der Waals surface area contributed by atoms with Gasteiger partial charge in [-0.1, -0.05) is 30.2 Å². The Hall–Kier alpha value is -1.76. The maximum atomic E-state index is 13.2. The minimum Gasteiger partial charge on any atom is -0.455 e. The van der Waals surface area contributed by atoms with Crippen molar-refractivity contribution in [1.82, 2.24) is 0 Å². The Morgan fingerprint density at radius 1 is 1.18 bits per heavy atom. The van der Waals surface area contributed by atoms with E-state index in [-0.39, 0.29) is 23.7 Å². The zero-order chi connectivity index (χ0) is 24.5. The summed E-state index contributed by atoms with van der Waals surface area (Å²) in [6.45, 7) is 9.39. The standard InChI is InChI=1S/C28H36O6/c1-15-13-21(33-23(30)16(15)2)26(5,31)27(32)14-22-28(34-22)19-10-9-17-7-6-8-20(29)25(17,4)18(19)11-12-24(27,28)3/h6,8-9,18-19,21-22,31-32H,7,10-14H2,1-5H3. The molecule has 2 N–H and O–H groups in total. The van der Waals surface area contributed by atoms with Crippen LogP contribution in [0.2, 0.25) is 0 Å². The molecule has 1 spiro atoms. The molecule has 6 nitrogen and oxygen atoms in total. The Labute approximate surface area is 201 Å². The van der Waals surface area contributed by atoms with E-state index in [1.54, 1.807) is 19.9 Å². The Balaban J connectivity index is 1.39. The fraction of sp³-hybridized carbons (Fsp3) is 0.714. The van der Waals surface area contributed by atoms with Crippen molar-refractivity contribution in [3.63, 3.8) is 0 Å². The lowest BCUT2D eigenvalue weighted by molar-refractivity contribution is -0.270. The second-order valence-electron chi connectivity index (χ2n) is 12.3. The van der Waals surface area contributed by atoms with E-state index in [4.69, 9.17) is 9.47 Å². The van der Waals surface area contributed by atoms with Crippen molar-refractivity contribution in [2.75, 3.05) is 0 Å². The molecule has 0 aromatic rings. The third kappa shape index (κ3) is 2.29. The number of carbonyl (C=O) groups is 2. The van der Waals surface area contributed by atoms with Crippen LogP contribution in [0.5, 0.6) is 0 Å². The number of esters is 1. The molecule has 0 aromatic heterocycles. The first-order valence-electron chi connectivity index (χ1n) is 12.7. The van der Waals surface area contributed by atoms with Crippen LogP contribution in [0.4, 0.5) is 0 Å². The fourth-order valence-corrected chi connectivity index (χ4v) is 8.84. The summed E-state index contributed by atoms with van der Waals surface area (Å²) in [7, 11) is 0. The van der Waals surface area contributed by atoms with Gasteiger partial charge in [0.1, 0.15) is 22.9 Å². The van der Waals surface area contributed by atoms with Crippen LogP contribution in [0.1, 0.15) is 73.1 Å². The van der Waals surface area contributed by atoms with Crippen LogP contribution in [0, 0.1) is 22.7 Å². The van der Waals surface area contributed by atoms with Gasteiger partial charge in [-0.2, -0.15) is 0 Å². The summed E-state index contributed by atoms with van der Waals surface area (Å²) in [5, 5.41) is 24.3. The van der Waals surface area contributed by atoms with Crippen molar-refractivity contribution in [1.29, 1.82) is 0 Å². The largest absolute Gasteiger partial charge is 0.455 e. The van der Waals surface area contributed by atoms with Gasteiger partial charge < -0.3 is 19.7 Å². The molecule has 0 bridgehead atoms. The fourth-order valence-electron chi connectivity index (χ4n) is 8.84. The molecular formula is C28H36O6. The second-order valence-corrected chi connectivity index (χ2v) is 12.3. The number of ether oxygens (including phenoxy) is 2. The van der Waals surface area contributed by atoms with Gasteiger partial charge in [-0.25, -0.2) is 4.79 Å². The van der Waals surface area contributed by atoms with Crippen molar-refractivity contribution in [3.05, 3.63) is 34.9 Å². The lowest BCUT2D eigenvalue weighted by Crippen LogP contribution is -2.71. The van der Waals surface area contributed by atoms with Crippen LogP contribution in [-0.4, -0.2) is 51.0 Å². The number of fused-ring (bicyclic) bond motifs is 3. The van der Waals surface area contributed by atoms with E-state index in [0.717, 1.165) is 24.8 Å². The quantitative estimate of drug-likeness (QED) is 0.366. The van der Waals surface area contributed by atoms with Crippen molar-refractivity contribution in [2.24, 2.45) is 22.7 Å². The maximum absolute atomic E-state index is 13.2. The molecule has 4 aliphatic carbocycles. The summed E-state index contributed by atoms with van der Waals surface area (Å²) in [6.07, 6.45) is 8.71. The van der Waals surface area contributed by atoms with Gasteiger partial charge in [-0.05, 0) is 71.3 Å². The van der Waals surface area contributed by atoms with Gasteiger partial charge in [0.25, 0.3) is 0 Å². The number of hydrogen-bond donors (Lipinski definition) is 2. The number of carbonyl (C=O) groups excluding carboxylic acids is 2. The van der Waals surface area contributed by atoms with Crippen LogP contribution in [0.15, 0.2) is 34.9 Å². The predicted molar refractivity (Wildman–Crippen MR) is 125 cm³/mol. The molecule has 6 rings (SSSR count). The molecular weight excluding hydrogens is 432 g/mol. The van der Waals surface area contributed by atoms with Gasteiger partial charge in [-0.15, -0.1) is 0 Å². The normalized spacial score (nSPS) is 51.0. The van der Waals surface area contributed by atoms with Gasteiger partial charge in [0, 0.05) is 23.8 Å². The third-order valence-corrected chi connectivity index (χ3v) is 11.3. The summed E-state index contributed by atoms with van der Waals surface area (Å²) in [4.78, 5) is 25.6. The molecule has 0 radical (unpaired) electrons. The summed E-state index contributed by atoms with van der Waals surface area (Å²) < 4.78 is 12.1. The molecule has 2 saturated carbocycles. The van der Waals surface area contributed by atoms with Gasteiger partial charge in [0.15, 0.2) is 5.78 Å². The maximum Gasteiger partial charge on any atom is 0.334 e. The van der Waals surface area contributed by atoms with E-state index < -0.39 is 39.7 Å². The molecule has 2 heterocycles. The average Bonchev–Trinajstić information content (AvgIpc) is 3.44. The minimum atomic E-state index is -1.64. The Bertz CT molecular complexity index is 1100. The number of ketones is 1. The number of hydrogen-bond acceptors (Lipinski definition) is 6. The Kier molecular flexibility index (Phi) is 4.34. The third-order valence-electron chi connectivity index (χ3n) is 11.3. The predicted octanol–water partition coefficient (Wildman–Crippen LogP) is 3.56. The highest BCUT2D eigenvalue weighted by Gasteiger charge is 2.87. The van der Waals surface area contributed by atoms with Crippen molar-refractivity contribution >= 4 is 11.8 Å². The van der Waals surface area contributed by atoms with Crippen LogP contribution in [-0.2, 0) is 19.1 Å². The highest BCUT2D eigenvalue weighted by atomic mass is 16.6. The number of allylic oxidation sites excluding steroid dienone is 4. The van der Waals surface area contributed by atoms with Crippen LogP contribution < -0.4 is 0 Å². The molecule has 9 unspecified atom stereocenters. The number of rotatable bonds is 2. The topological polar surface area (TPSA) is 96.4 Å². The molecule has 34 heavy (non-hydrogen) atoms. The highest BCUT2D eigenvalue weighted by molar-refractivity contribution is 5.98. The molecule has 9 atom stereocenters. The SMILES string of the molecule is CC1=C(C)C(=O)OC(C(C)(O)C2(O)CC3OC34C3CC=C5CC=CC(=O)C5(C)C3CCC42C)C1. The van der Waals surface area contributed by atoms with E-state index in [9.17, 15) is 19.8 Å². The van der Waals surface area contributed by atoms with Crippen LogP contribution in [0.25, 0.3) is 0 Å². The molecule has 6 aliphatic rings. The molecule has 0 amide bonds. The molecule has 1 saturated heterocycles. The minimum absolute atomic E-state index is 0.100. The average molecular weight is 469 g/mol. The van der Waals surface area contributed by atoms with Crippen molar-refractivity contribution < 1.29 is 29.3 Å². The lowest BCUT2D eigenvalue weighted by Gasteiger charge is -2.60. The lowest BCUT2D eigenvalue weighted by atomic mass is 9.45. The Morgan fingerprint density at radius 3 is 2.62 bits per heavy atom. The summed E-state index contributed by atoms with van der Waals surface area (Å²) in [6, 6.07) is 0. The van der Waals surface area contributed by atoms with Crippen LogP contribution in [0.3, 0.4) is 0 Å². The highest BCUT2D eigenvalue weighted by Crippen LogP contribution is 2.78. The summed E-state index contributed by atoms with van der Waals surface area (Å²) in [5.74, 6) is -0.00929. The van der Waals surface area contributed by atoms with Crippen LogP contribution >= 0.6 is 0 Å². The summed E-state index contributed by atoms with van der Waals surface area (Å²) >= 11 is 0. The summed E-state index contributed by atoms with van der Waals surface area (Å²) in [5.41, 5.74) is -2.28. The zero-order valence-electron chi connectivity index (χ0n) is 20.8. The monoisotopic (exact) mass is 468 g/mol. The number of aliphatic hydroxyl groups is 2. The first-order valence-corrected chi connectivity index (χ1v) is 12.7. The number of cyclic esters (lactones) is 1. The molecule has 2 aliphatic heterocycles. The van der Waals surface area contributed by atoms with Gasteiger partial charge >= 0.3 is 5.97 Å². The van der Waals surface area contributed by atoms with Gasteiger partial charge in [-0.3, -0.25) is 4.79 Å². The molecule has 3 fully saturated rings. The van der Waals surface area contributed by atoms with Gasteiger partial charge in [0.2, 0.25) is 0 Å².